The van der Waals surface area contributed by atoms with E-state index in [4.69, 9.17) is 4.74 Å². The second-order valence-corrected chi connectivity index (χ2v) is 7.76. The molecule has 0 aliphatic carbocycles. The molecule has 0 bridgehead atoms. The Labute approximate surface area is 171 Å². The number of aromatic nitrogens is 4. The van der Waals surface area contributed by atoms with E-state index < -0.39 is 36.7 Å². The molecule has 0 radical (unpaired) electrons. The van der Waals surface area contributed by atoms with Gasteiger partial charge < -0.3 is 29.9 Å². The summed E-state index contributed by atoms with van der Waals surface area (Å²) in [5.74, 6) is 0.748. The largest absolute Gasteiger partial charge is 0.394 e. The van der Waals surface area contributed by atoms with Gasteiger partial charge in [0.1, 0.15) is 18.3 Å². The lowest BCUT2D eigenvalue weighted by atomic mass is 9.99. The number of anilines is 1. The van der Waals surface area contributed by atoms with E-state index in [2.05, 4.69) is 27.1 Å². The molecule has 2 aliphatic rings. The van der Waals surface area contributed by atoms with Gasteiger partial charge in [-0.1, -0.05) is 30.3 Å². The highest BCUT2D eigenvalue weighted by molar-refractivity contribution is 5.74. The van der Waals surface area contributed by atoms with Crippen molar-refractivity contribution < 1.29 is 20.1 Å². The minimum atomic E-state index is -1.30. The summed E-state index contributed by atoms with van der Waals surface area (Å²) in [6.45, 7) is 0.945. The Balaban J connectivity index is 1.57. The van der Waals surface area contributed by atoms with E-state index in [9.17, 15) is 20.1 Å². The molecule has 2 saturated heterocycles. The van der Waals surface area contributed by atoms with Gasteiger partial charge in [-0.3, -0.25) is 9.36 Å². The average molecular weight is 413 g/mol. The molecular formula is C20H23N5O5. The molecule has 5 atom stereocenters. The van der Waals surface area contributed by atoms with Crippen LogP contribution in [0.4, 0.5) is 5.95 Å². The number of ether oxygens (including phenoxy) is 1. The van der Waals surface area contributed by atoms with Crippen molar-refractivity contribution in [2.24, 2.45) is 0 Å². The molecule has 3 unspecified atom stereocenters. The number of hydrogen-bond donors (Lipinski definition) is 4. The van der Waals surface area contributed by atoms with Crippen molar-refractivity contribution in [2.75, 3.05) is 24.6 Å². The summed E-state index contributed by atoms with van der Waals surface area (Å²) < 4.78 is 7.29. The number of nitrogens with zero attached hydrogens (tertiary/aromatic N) is 4. The number of aliphatic hydroxyl groups excluding tert-OH is 3. The predicted octanol–water partition coefficient (Wildman–Crippen LogP) is -0.275. The zero-order chi connectivity index (χ0) is 20.8. The highest BCUT2D eigenvalue weighted by atomic mass is 16.6. The topological polar surface area (TPSA) is 137 Å². The Morgan fingerprint density at radius 1 is 1.20 bits per heavy atom. The standard InChI is InChI=1S/C20H23N5O5/c26-9-13-15(27)16(28)19(30-13)25-17-14(18(29)22-10-21-17)23-20(25)24-7-6-12(8-24)11-4-2-1-3-5-11/h1-5,10,12-13,15-16,19,26-28H,6-9H2,(H,21,22,29)/t12?,13-,15?,16?,19-/m0/s1. The Morgan fingerprint density at radius 3 is 2.73 bits per heavy atom. The van der Waals surface area contributed by atoms with Crippen LogP contribution in [0.2, 0.25) is 0 Å². The summed E-state index contributed by atoms with van der Waals surface area (Å²) in [6.07, 6.45) is -2.34. The average Bonchev–Trinajstić information content (AvgIpc) is 3.46. The summed E-state index contributed by atoms with van der Waals surface area (Å²) in [5, 5.41) is 30.3. The van der Waals surface area contributed by atoms with Crippen molar-refractivity contribution in [1.29, 1.82) is 0 Å². The van der Waals surface area contributed by atoms with E-state index in [-0.39, 0.29) is 11.2 Å². The third kappa shape index (κ3) is 3.00. The zero-order valence-corrected chi connectivity index (χ0v) is 16.1. The molecule has 2 aliphatic heterocycles. The van der Waals surface area contributed by atoms with Crippen LogP contribution in [0.25, 0.3) is 11.2 Å². The van der Waals surface area contributed by atoms with Crippen molar-refractivity contribution in [3.63, 3.8) is 0 Å². The lowest BCUT2D eigenvalue weighted by molar-refractivity contribution is -0.0504. The molecule has 10 heteroatoms. The second-order valence-electron chi connectivity index (χ2n) is 7.76. The minimum absolute atomic E-state index is 0.133. The van der Waals surface area contributed by atoms with Crippen LogP contribution in [-0.4, -0.2) is 72.8 Å². The van der Waals surface area contributed by atoms with E-state index in [1.807, 2.05) is 23.1 Å². The third-order valence-corrected chi connectivity index (χ3v) is 5.98. The molecule has 2 aromatic heterocycles. The van der Waals surface area contributed by atoms with Crippen LogP contribution in [-0.2, 0) is 4.74 Å². The fourth-order valence-corrected chi connectivity index (χ4v) is 4.40. The first-order valence-corrected chi connectivity index (χ1v) is 9.96. The van der Waals surface area contributed by atoms with Gasteiger partial charge in [0.2, 0.25) is 5.95 Å². The summed E-state index contributed by atoms with van der Waals surface area (Å²) in [5.41, 5.74) is 1.22. The van der Waals surface area contributed by atoms with Gasteiger partial charge in [0.25, 0.3) is 5.56 Å². The maximum absolute atomic E-state index is 12.3. The molecule has 0 amide bonds. The zero-order valence-electron chi connectivity index (χ0n) is 16.1. The fourth-order valence-electron chi connectivity index (χ4n) is 4.40. The number of hydrogen-bond acceptors (Lipinski definition) is 8. The SMILES string of the molecule is O=c1[nH]cnc2c1nc(N1CCC(c3ccccc3)C1)n2[C@H]1O[C@@H](CO)C(O)C1O. The van der Waals surface area contributed by atoms with Crippen LogP contribution in [0, 0.1) is 0 Å². The van der Waals surface area contributed by atoms with Gasteiger partial charge in [0.15, 0.2) is 17.4 Å². The van der Waals surface area contributed by atoms with Crippen LogP contribution >= 0.6 is 0 Å². The van der Waals surface area contributed by atoms with Gasteiger partial charge in [0, 0.05) is 19.0 Å². The van der Waals surface area contributed by atoms with Crippen LogP contribution in [0.3, 0.4) is 0 Å². The summed E-state index contributed by atoms with van der Waals surface area (Å²) in [4.78, 5) is 25.7. The summed E-state index contributed by atoms with van der Waals surface area (Å²) >= 11 is 0. The molecule has 10 nitrogen and oxygen atoms in total. The number of fused-ring (bicyclic) bond motifs is 1. The van der Waals surface area contributed by atoms with Crippen LogP contribution < -0.4 is 10.5 Å². The third-order valence-electron chi connectivity index (χ3n) is 5.98. The normalized spacial score (nSPS) is 29.2. The second kappa shape index (κ2) is 7.47. The maximum atomic E-state index is 12.3. The van der Waals surface area contributed by atoms with E-state index >= 15 is 0 Å². The number of imidazole rings is 1. The number of nitrogens with one attached hydrogen (secondary N) is 1. The van der Waals surface area contributed by atoms with Gasteiger partial charge in [0.05, 0.1) is 12.9 Å². The Morgan fingerprint density at radius 2 is 2.00 bits per heavy atom. The van der Waals surface area contributed by atoms with Gasteiger partial charge in [-0.15, -0.1) is 0 Å². The van der Waals surface area contributed by atoms with Gasteiger partial charge in [-0.05, 0) is 12.0 Å². The smallest absolute Gasteiger partial charge is 0.278 e. The number of aliphatic hydroxyl groups is 3. The van der Waals surface area contributed by atoms with E-state index in [1.165, 1.54) is 11.9 Å². The van der Waals surface area contributed by atoms with Crippen molar-refractivity contribution in [2.45, 2.75) is 36.9 Å². The fraction of sp³-hybridized carbons (Fsp3) is 0.450. The van der Waals surface area contributed by atoms with Crippen LogP contribution in [0.5, 0.6) is 0 Å². The molecule has 2 fully saturated rings. The molecule has 3 aromatic rings. The number of benzene rings is 1. The minimum Gasteiger partial charge on any atom is -0.394 e. The molecule has 4 N–H and O–H groups in total. The maximum Gasteiger partial charge on any atom is 0.278 e. The molecule has 1 aromatic carbocycles. The van der Waals surface area contributed by atoms with Crippen LogP contribution in [0.15, 0.2) is 41.5 Å². The molecule has 0 saturated carbocycles. The molecule has 0 spiro atoms. The van der Waals surface area contributed by atoms with Gasteiger partial charge in [-0.25, -0.2) is 9.97 Å². The van der Waals surface area contributed by atoms with Crippen molar-refractivity contribution in [3.05, 3.63) is 52.6 Å². The molecule has 158 valence electrons. The van der Waals surface area contributed by atoms with Crippen molar-refractivity contribution in [3.8, 4) is 0 Å². The van der Waals surface area contributed by atoms with E-state index in [0.29, 0.717) is 25.0 Å². The predicted molar refractivity (Wildman–Crippen MR) is 107 cm³/mol. The van der Waals surface area contributed by atoms with Gasteiger partial charge >= 0.3 is 0 Å². The Hall–Kier alpha value is -2.79. The van der Waals surface area contributed by atoms with Gasteiger partial charge in [-0.2, -0.15) is 0 Å². The molecular weight excluding hydrogens is 390 g/mol. The number of aromatic amines is 1. The first kappa shape index (κ1) is 19.2. The highest BCUT2D eigenvalue weighted by Crippen LogP contribution is 2.37. The first-order valence-electron chi connectivity index (χ1n) is 9.96. The van der Waals surface area contributed by atoms with E-state index in [1.54, 1.807) is 4.57 Å². The highest BCUT2D eigenvalue weighted by Gasteiger charge is 2.45. The molecule has 4 heterocycles. The number of H-pyrrole nitrogens is 1. The molecule has 30 heavy (non-hydrogen) atoms. The quantitative estimate of drug-likeness (QED) is 0.459. The van der Waals surface area contributed by atoms with Crippen molar-refractivity contribution in [1.82, 2.24) is 19.5 Å². The summed E-state index contributed by atoms with van der Waals surface area (Å²) in [7, 11) is 0. The van der Waals surface area contributed by atoms with E-state index in [0.717, 1.165) is 6.42 Å². The lowest BCUT2D eigenvalue weighted by Gasteiger charge is -2.24. The van der Waals surface area contributed by atoms with Crippen molar-refractivity contribution >= 4 is 17.1 Å². The molecule has 5 rings (SSSR count). The van der Waals surface area contributed by atoms with Crippen LogP contribution in [0.1, 0.15) is 24.1 Å². The first-order chi connectivity index (χ1) is 14.6. The Bertz CT molecular complexity index is 1100. The monoisotopic (exact) mass is 413 g/mol. The number of rotatable bonds is 4. The lowest BCUT2D eigenvalue weighted by Crippen LogP contribution is -2.34. The summed E-state index contributed by atoms with van der Waals surface area (Å²) in [6, 6.07) is 10.2. The Kier molecular flexibility index (Phi) is 4.78.